The van der Waals surface area contributed by atoms with Gasteiger partial charge in [-0.15, -0.1) is 0 Å². The average Bonchev–Trinajstić information content (AvgIpc) is 3.77. The molecule has 5 rings (SSSR count). The SMILES string of the molecule is CCCCCC[C@H]1CCC[C@@H]([C@H]2CC[C@@H]([C@H]3CC[C@H]([C@H]4CC[C@@H](CCCCCCCCCC5=CC(C)OC5=O)OCO4)O3)O2)OCO1. The Kier molecular flexibility index (Phi) is 16.3. The monoisotopic (exact) mass is 662 g/mol. The van der Waals surface area contributed by atoms with Crippen molar-refractivity contribution in [3.05, 3.63) is 11.6 Å². The van der Waals surface area contributed by atoms with Crippen LogP contribution in [0, 0.1) is 0 Å². The first-order valence-corrected chi connectivity index (χ1v) is 19.8. The molecule has 4 fully saturated rings. The Bertz CT molecular complexity index is 915. The first-order chi connectivity index (χ1) is 23.1. The van der Waals surface area contributed by atoms with Gasteiger partial charge in [0.1, 0.15) is 19.7 Å². The third kappa shape index (κ3) is 12.4. The Balaban J connectivity index is 0.894. The molecule has 8 heteroatoms. The molecule has 0 bridgehead atoms. The van der Waals surface area contributed by atoms with E-state index in [1.165, 1.54) is 64.2 Å². The third-order valence-electron chi connectivity index (χ3n) is 11.2. The van der Waals surface area contributed by atoms with Gasteiger partial charge in [-0.2, -0.15) is 0 Å². The summed E-state index contributed by atoms with van der Waals surface area (Å²) in [5, 5.41) is 0. The molecule has 0 spiro atoms. The minimum Gasteiger partial charge on any atom is -0.455 e. The fourth-order valence-electron chi connectivity index (χ4n) is 8.38. The van der Waals surface area contributed by atoms with E-state index in [0.29, 0.717) is 25.8 Å². The van der Waals surface area contributed by atoms with Crippen LogP contribution in [0.5, 0.6) is 0 Å². The molecule has 270 valence electrons. The highest BCUT2D eigenvalue weighted by Gasteiger charge is 2.42. The molecule has 1 unspecified atom stereocenters. The maximum atomic E-state index is 11.7. The second-order valence-corrected chi connectivity index (χ2v) is 15.0. The second kappa shape index (κ2) is 20.6. The third-order valence-corrected chi connectivity index (χ3v) is 11.2. The van der Waals surface area contributed by atoms with E-state index in [4.69, 9.17) is 33.2 Å². The Hall–Kier alpha value is -1.03. The van der Waals surface area contributed by atoms with E-state index >= 15 is 0 Å². The number of hydrogen-bond donors (Lipinski definition) is 0. The lowest BCUT2D eigenvalue weighted by Crippen LogP contribution is -2.36. The predicted octanol–water partition coefficient (Wildman–Crippen LogP) is 8.87. The molecule has 5 heterocycles. The summed E-state index contributed by atoms with van der Waals surface area (Å²) in [4.78, 5) is 11.7. The zero-order chi connectivity index (χ0) is 32.7. The van der Waals surface area contributed by atoms with Crippen LogP contribution in [0.4, 0.5) is 0 Å². The standard InChI is InChI=1S/C39H66O8/c1-3-4-5-12-16-31-18-14-19-33(43-27-41-31)35-22-24-37(46-35)38-25-23-36(47-38)34-21-20-32(42-28-44-34)17-13-10-8-6-7-9-11-15-30-26-29(2)45-39(30)40/h26,29,31-38H,3-25,27-28H2,1-2H3/t29?,31-,32+,33-,34+,35+,36+,37-,38+/m0/s1. The van der Waals surface area contributed by atoms with Crippen LogP contribution in [0.25, 0.3) is 0 Å². The van der Waals surface area contributed by atoms with Gasteiger partial charge in [-0.05, 0) is 96.5 Å². The van der Waals surface area contributed by atoms with Gasteiger partial charge >= 0.3 is 5.97 Å². The molecule has 0 aromatic rings. The van der Waals surface area contributed by atoms with Crippen molar-refractivity contribution in [1.82, 2.24) is 0 Å². The van der Waals surface area contributed by atoms with Crippen molar-refractivity contribution in [3.8, 4) is 0 Å². The van der Waals surface area contributed by atoms with E-state index in [1.54, 1.807) is 0 Å². The molecule has 5 aliphatic heterocycles. The van der Waals surface area contributed by atoms with Crippen molar-refractivity contribution in [2.75, 3.05) is 13.6 Å². The number of ether oxygens (including phenoxy) is 7. The zero-order valence-corrected chi connectivity index (χ0v) is 29.7. The molecule has 8 nitrogen and oxygen atoms in total. The van der Waals surface area contributed by atoms with Gasteiger partial charge in [0, 0.05) is 5.57 Å². The van der Waals surface area contributed by atoms with Crippen LogP contribution < -0.4 is 0 Å². The first kappa shape index (κ1) is 37.2. The fourth-order valence-corrected chi connectivity index (χ4v) is 8.38. The summed E-state index contributed by atoms with van der Waals surface area (Å²) in [6.45, 7) is 4.96. The van der Waals surface area contributed by atoms with Gasteiger partial charge < -0.3 is 33.2 Å². The number of hydrogen-bond acceptors (Lipinski definition) is 8. The number of rotatable bonds is 18. The minimum absolute atomic E-state index is 0.0486. The molecule has 0 radical (unpaired) electrons. The van der Waals surface area contributed by atoms with Crippen molar-refractivity contribution in [3.63, 3.8) is 0 Å². The number of carbonyl (C=O) groups is 1. The van der Waals surface area contributed by atoms with Crippen LogP contribution >= 0.6 is 0 Å². The average molecular weight is 663 g/mol. The highest BCUT2D eigenvalue weighted by Crippen LogP contribution is 2.37. The number of carbonyl (C=O) groups excluding carboxylic acids is 1. The lowest BCUT2D eigenvalue weighted by molar-refractivity contribution is -0.177. The minimum atomic E-state index is -0.115. The van der Waals surface area contributed by atoms with Gasteiger partial charge in [-0.1, -0.05) is 71.1 Å². The van der Waals surface area contributed by atoms with Crippen molar-refractivity contribution < 1.29 is 38.0 Å². The second-order valence-electron chi connectivity index (χ2n) is 15.0. The maximum absolute atomic E-state index is 11.7. The van der Waals surface area contributed by atoms with E-state index in [1.807, 2.05) is 13.0 Å². The summed E-state index contributed by atoms with van der Waals surface area (Å²) >= 11 is 0. The van der Waals surface area contributed by atoms with Crippen molar-refractivity contribution >= 4 is 5.97 Å². The Morgan fingerprint density at radius 2 is 1.09 bits per heavy atom. The lowest BCUT2D eigenvalue weighted by atomic mass is 9.99. The Labute approximate surface area is 285 Å². The largest absolute Gasteiger partial charge is 0.455 e. The topological polar surface area (TPSA) is 81.7 Å². The van der Waals surface area contributed by atoms with Crippen LogP contribution in [-0.2, 0) is 38.0 Å². The highest BCUT2D eigenvalue weighted by molar-refractivity contribution is 5.90. The molecule has 5 aliphatic rings. The van der Waals surface area contributed by atoms with Crippen molar-refractivity contribution in [2.24, 2.45) is 0 Å². The predicted molar refractivity (Wildman–Crippen MR) is 182 cm³/mol. The molecule has 0 saturated carbocycles. The summed E-state index contributed by atoms with van der Waals surface area (Å²) < 4.78 is 43.0. The van der Waals surface area contributed by atoms with E-state index in [0.717, 1.165) is 89.0 Å². The van der Waals surface area contributed by atoms with Crippen LogP contribution in [0.1, 0.15) is 162 Å². The van der Waals surface area contributed by atoms with Crippen LogP contribution in [0.15, 0.2) is 11.6 Å². The summed E-state index contributed by atoms with van der Waals surface area (Å²) in [7, 11) is 0. The molecule has 0 aromatic heterocycles. The van der Waals surface area contributed by atoms with E-state index in [9.17, 15) is 4.79 Å². The lowest BCUT2D eigenvalue weighted by Gasteiger charge is -2.30. The quantitative estimate of drug-likeness (QED) is 0.106. The molecule has 4 saturated heterocycles. The van der Waals surface area contributed by atoms with Gasteiger partial charge in [-0.25, -0.2) is 4.79 Å². The van der Waals surface area contributed by atoms with Gasteiger partial charge in [0.2, 0.25) is 0 Å². The summed E-state index contributed by atoms with van der Waals surface area (Å²) in [5.74, 6) is -0.115. The molecule has 0 N–H and O–H groups in total. The Morgan fingerprint density at radius 1 is 0.574 bits per heavy atom. The van der Waals surface area contributed by atoms with Crippen molar-refractivity contribution in [1.29, 1.82) is 0 Å². The fraction of sp³-hybridized carbons (Fsp3) is 0.923. The van der Waals surface area contributed by atoms with Crippen LogP contribution in [-0.4, -0.2) is 74.5 Å². The summed E-state index contributed by atoms with van der Waals surface area (Å²) in [5.41, 5.74) is 0.871. The van der Waals surface area contributed by atoms with E-state index < -0.39 is 0 Å². The molecule has 47 heavy (non-hydrogen) atoms. The first-order valence-electron chi connectivity index (χ1n) is 19.8. The van der Waals surface area contributed by atoms with Crippen LogP contribution in [0.2, 0.25) is 0 Å². The van der Waals surface area contributed by atoms with Gasteiger partial charge in [0.15, 0.2) is 0 Å². The maximum Gasteiger partial charge on any atom is 0.334 e. The summed E-state index contributed by atoms with van der Waals surface area (Å²) in [6.07, 6.45) is 29.9. The van der Waals surface area contributed by atoms with Gasteiger partial charge in [0.05, 0.1) is 48.8 Å². The number of cyclic esters (lactones) is 1. The van der Waals surface area contributed by atoms with E-state index in [2.05, 4.69) is 6.92 Å². The molecular weight excluding hydrogens is 596 g/mol. The Morgan fingerprint density at radius 3 is 1.68 bits per heavy atom. The van der Waals surface area contributed by atoms with E-state index in [-0.39, 0.29) is 48.7 Å². The number of esters is 1. The van der Waals surface area contributed by atoms with Crippen LogP contribution in [0.3, 0.4) is 0 Å². The normalized spacial score (nSPS) is 35.3. The summed E-state index contributed by atoms with van der Waals surface area (Å²) in [6, 6.07) is 0. The number of unbranched alkanes of at least 4 members (excludes halogenated alkanes) is 9. The van der Waals surface area contributed by atoms with Gasteiger partial charge in [-0.3, -0.25) is 0 Å². The smallest absolute Gasteiger partial charge is 0.334 e. The van der Waals surface area contributed by atoms with Crippen molar-refractivity contribution in [2.45, 2.75) is 216 Å². The molecule has 0 aromatic carbocycles. The van der Waals surface area contributed by atoms with Gasteiger partial charge in [0.25, 0.3) is 0 Å². The zero-order valence-electron chi connectivity index (χ0n) is 29.7. The molecular formula is C39H66O8. The molecule has 0 aliphatic carbocycles. The molecule has 0 amide bonds. The highest BCUT2D eigenvalue weighted by atomic mass is 16.7. The molecule has 9 atom stereocenters.